The maximum absolute atomic E-state index is 15.6. The molecule has 2 heterocycles. The van der Waals surface area contributed by atoms with Crippen LogP contribution in [-0.4, -0.2) is 42.1 Å². The summed E-state index contributed by atoms with van der Waals surface area (Å²) in [6.07, 6.45) is 5.44. The van der Waals surface area contributed by atoms with Crippen LogP contribution in [0.2, 0.25) is 5.02 Å². The fourth-order valence-corrected chi connectivity index (χ4v) is 4.71. The Labute approximate surface area is 210 Å². The van der Waals surface area contributed by atoms with Gasteiger partial charge in [-0.15, -0.1) is 0 Å². The topological polar surface area (TPSA) is 51.7 Å². The Morgan fingerprint density at radius 3 is 2.80 bits per heavy atom. The minimum Gasteiger partial charge on any atom is -0.496 e. The molecule has 0 N–H and O–H groups in total. The van der Waals surface area contributed by atoms with Crippen molar-refractivity contribution in [1.29, 1.82) is 0 Å². The first kappa shape index (κ1) is 25.0. The van der Waals surface area contributed by atoms with Crippen molar-refractivity contribution in [1.82, 2.24) is 9.88 Å². The van der Waals surface area contributed by atoms with Gasteiger partial charge in [-0.3, -0.25) is 4.79 Å². The first-order valence-electron chi connectivity index (χ1n) is 12.0. The number of rotatable bonds is 9. The molecule has 1 aliphatic heterocycles. The molecule has 1 aromatic heterocycles. The van der Waals surface area contributed by atoms with E-state index in [1.54, 1.807) is 42.6 Å². The zero-order chi connectivity index (χ0) is 24.8. The van der Waals surface area contributed by atoms with Crippen molar-refractivity contribution in [2.24, 2.45) is 0 Å². The van der Waals surface area contributed by atoms with Crippen LogP contribution >= 0.6 is 11.6 Å². The molecule has 1 atom stereocenters. The molecule has 3 aromatic rings. The zero-order valence-electron chi connectivity index (χ0n) is 20.1. The van der Waals surface area contributed by atoms with E-state index in [0.717, 1.165) is 31.4 Å². The molecule has 0 bridgehead atoms. The Hall–Kier alpha value is -3.12. The molecule has 1 saturated heterocycles. The van der Waals surface area contributed by atoms with Gasteiger partial charge in [0.2, 0.25) is 11.8 Å². The van der Waals surface area contributed by atoms with E-state index < -0.39 is 0 Å². The fourth-order valence-electron chi connectivity index (χ4n) is 4.52. The molecule has 0 spiro atoms. The lowest BCUT2D eigenvalue weighted by Gasteiger charge is -2.24. The van der Waals surface area contributed by atoms with Crippen LogP contribution in [0.5, 0.6) is 11.6 Å². The Bertz CT molecular complexity index is 1170. The third-order valence-corrected chi connectivity index (χ3v) is 6.53. The summed E-state index contributed by atoms with van der Waals surface area (Å²) in [6.45, 7) is 3.24. The van der Waals surface area contributed by atoms with Crippen LogP contribution in [0, 0.1) is 5.82 Å². The van der Waals surface area contributed by atoms with Crippen LogP contribution in [0.3, 0.4) is 0 Å². The predicted molar refractivity (Wildman–Crippen MR) is 136 cm³/mol. The minimum absolute atomic E-state index is 0.0915. The third kappa shape index (κ3) is 5.93. The van der Waals surface area contributed by atoms with Gasteiger partial charge in [-0.25, -0.2) is 9.37 Å². The highest BCUT2D eigenvalue weighted by Crippen LogP contribution is 2.36. The van der Waals surface area contributed by atoms with Crippen LogP contribution < -0.4 is 9.47 Å². The van der Waals surface area contributed by atoms with Crippen molar-refractivity contribution >= 4 is 17.5 Å². The molecule has 184 valence electrons. The highest BCUT2D eigenvalue weighted by Gasteiger charge is 2.28. The number of likely N-dealkylation sites (tertiary alicyclic amines) is 1. The number of methoxy groups -OCH3 is 1. The number of halogens is 2. The maximum Gasteiger partial charge on any atom is 0.222 e. The average Bonchev–Trinajstić information content (AvgIpc) is 3.33. The van der Waals surface area contributed by atoms with E-state index >= 15 is 4.39 Å². The van der Waals surface area contributed by atoms with Gasteiger partial charge in [0.15, 0.2) is 0 Å². The van der Waals surface area contributed by atoms with E-state index in [9.17, 15) is 4.79 Å². The summed E-state index contributed by atoms with van der Waals surface area (Å²) in [7, 11) is 1.52. The van der Waals surface area contributed by atoms with E-state index in [1.165, 1.54) is 7.11 Å². The van der Waals surface area contributed by atoms with Gasteiger partial charge in [0.1, 0.15) is 18.2 Å². The molecule has 1 aliphatic rings. The monoisotopic (exact) mass is 496 g/mol. The summed E-state index contributed by atoms with van der Waals surface area (Å²) in [5.41, 5.74) is 2.44. The van der Waals surface area contributed by atoms with Crippen LogP contribution in [0.1, 0.15) is 43.7 Å². The van der Waals surface area contributed by atoms with Crippen molar-refractivity contribution in [3.05, 3.63) is 76.7 Å². The number of pyridine rings is 1. The average molecular weight is 497 g/mol. The molecule has 0 saturated carbocycles. The molecule has 1 amide bonds. The number of amides is 1. The van der Waals surface area contributed by atoms with E-state index in [1.807, 2.05) is 24.0 Å². The number of ether oxygens (including phenoxy) is 2. The van der Waals surface area contributed by atoms with Crippen molar-refractivity contribution in [2.45, 2.75) is 45.1 Å². The Morgan fingerprint density at radius 2 is 2.09 bits per heavy atom. The number of aromatic nitrogens is 1. The Morgan fingerprint density at radius 1 is 1.23 bits per heavy atom. The molecule has 4 rings (SSSR count). The Kier molecular flexibility index (Phi) is 8.24. The second kappa shape index (κ2) is 11.5. The number of nitrogens with zero attached hydrogens (tertiary/aromatic N) is 2. The lowest BCUT2D eigenvalue weighted by Crippen LogP contribution is -2.38. The molecule has 35 heavy (non-hydrogen) atoms. The van der Waals surface area contributed by atoms with Crippen LogP contribution in [-0.2, 0) is 11.2 Å². The largest absolute Gasteiger partial charge is 0.496 e. The van der Waals surface area contributed by atoms with Crippen molar-refractivity contribution in [2.75, 3.05) is 20.3 Å². The maximum atomic E-state index is 15.6. The molecule has 1 fully saturated rings. The summed E-state index contributed by atoms with van der Waals surface area (Å²) >= 11 is 6.13. The zero-order valence-corrected chi connectivity index (χ0v) is 20.9. The van der Waals surface area contributed by atoms with Gasteiger partial charge >= 0.3 is 0 Å². The second-order valence-corrected chi connectivity index (χ2v) is 9.19. The fraction of sp³-hybridized carbons (Fsp3) is 0.357. The smallest absolute Gasteiger partial charge is 0.222 e. The van der Waals surface area contributed by atoms with E-state index in [0.29, 0.717) is 52.8 Å². The number of hydrogen-bond donors (Lipinski definition) is 0. The van der Waals surface area contributed by atoms with Gasteiger partial charge in [-0.2, -0.15) is 0 Å². The second-order valence-electron chi connectivity index (χ2n) is 8.75. The highest BCUT2D eigenvalue weighted by atomic mass is 35.5. The highest BCUT2D eigenvalue weighted by molar-refractivity contribution is 6.30. The number of benzene rings is 2. The predicted octanol–water partition coefficient (Wildman–Crippen LogP) is 6.31. The summed E-state index contributed by atoms with van der Waals surface area (Å²) in [5, 5.41) is 0.532. The van der Waals surface area contributed by atoms with Crippen LogP contribution in [0.4, 0.5) is 4.39 Å². The minimum atomic E-state index is -0.343. The first-order chi connectivity index (χ1) is 17.0. The SMILES string of the molecule is CCCC(=O)N1CCC[C@@H]1COc1ccc(Cc2ccc(OC)c(-c3cccc(Cl)c3)c2F)cn1. The van der Waals surface area contributed by atoms with Gasteiger partial charge in [0, 0.05) is 36.7 Å². The molecular formula is C28H30ClFN2O3. The molecule has 0 aliphatic carbocycles. The molecule has 7 heteroatoms. The van der Waals surface area contributed by atoms with E-state index in [2.05, 4.69) is 4.98 Å². The quantitative estimate of drug-likeness (QED) is 0.348. The molecule has 0 radical (unpaired) electrons. The normalized spacial score (nSPS) is 15.3. The Balaban J connectivity index is 1.44. The van der Waals surface area contributed by atoms with Crippen molar-refractivity contribution in [3.8, 4) is 22.8 Å². The number of carbonyl (C=O) groups excluding carboxylic acids is 1. The lowest BCUT2D eigenvalue weighted by atomic mass is 9.97. The molecule has 2 aromatic carbocycles. The van der Waals surface area contributed by atoms with Crippen LogP contribution in [0.25, 0.3) is 11.1 Å². The number of hydrogen-bond acceptors (Lipinski definition) is 4. The summed E-state index contributed by atoms with van der Waals surface area (Å²) in [5.74, 6) is 0.803. The van der Waals surface area contributed by atoms with E-state index in [-0.39, 0.29) is 17.8 Å². The van der Waals surface area contributed by atoms with Crippen molar-refractivity contribution < 1.29 is 18.7 Å². The van der Waals surface area contributed by atoms with Gasteiger partial charge in [0.25, 0.3) is 0 Å². The molecule has 5 nitrogen and oxygen atoms in total. The van der Waals surface area contributed by atoms with Gasteiger partial charge in [-0.1, -0.05) is 42.8 Å². The standard InChI is InChI=1S/C28H30ClFN2O3/c1-3-6-26(33)32-14-5-9-23(32)18-35-25-13-10-19(17-31-25)15-21-11-12-24(34-2)27(28(21)30)20-7-4-8-22(29)16-20/h4,7-8,10-13,16-17,23H,3,5-6,9,14-15,18H2,1-2H3/t23-/m1/s1. The first-order valence-corrected chi connectivity index (χ1v) is 12.4. The summed E-state index contributed by atoms with van der Waals surface area (Å²) in [4.78, 5) is 18.6. The summed E-state index contributed by atoms with van der Waals surface area (Å²) in [6, 6.07) is 14.3. The summed E-state index contributed by atoms with van der Waals surface area (Å²) < 4.78 is 26.8. The van der Waals surface area contributed by atoms with Crippen molar-refractivity contribution in [3.63, 3.8) is 0 Å². The third-order valence-electron chi connectivity index (χ3n) is 6.29. The van der Waals surface area contributed by atoms with Gasteiger partial charge < -0.3 is 14.4 Å². The van der Waals surface area contributed by atoms with E-state index in [4.69, 9.17) is 21.1 Å². The van der Waals surface area contributed by atoms with Gasteiger partial charge in [-0.05, 0) is 54.2 Å². The van der Waals surface area contributed by atoms with Crippen LogP contribution in [0.15, 0.2) is 54.7 Å². The molecule has 0 unspecified atom stereocenters. The van der Waals surface area contributed by atoms with Gasteiger partial charge in [0.05, 0.1) is 18.7 Å². The molecular weight excluding hydrogens is 467 g/mol. The lowest BCUT2D eigenvalue weighted by molar-refractivity contribution is -0.132. The number of carbonyl (C=O) groups is 1.